The molecule has 0 bridgehead atoms. The Balaban J connectivity index is 0.00000484. The maximum absolute atomic E-state index is 2.36. The number of quaternary nitrogens is 1. The first-order valence-corrected chi connectivity index (χ1v) is 9.50. The first-order valence-electron chi connectivity index (χ1n) is 9.50. The third-order valence-corrected chi connectivity index (χ3v) is 4.57. The Hall–Kier alpha value is -0.820. The van der Waals surface area contributed by atoms with Crippen molar-refractivity contribution in [2.24, 2.45) is 0 Å². The van der Waals surface area contributed by atoms with Crippen LogP contribution in [0.3, 0.4) is 0 Å². The fourth-order valence-electron chi connectivity index (χ4n) is 3.18. The van der Waals surface area contributed by atoms with Crippen LogP contribution in [0, 0.1) is 0 Å². The molecule has 0 radical (unpaired) electrons. The third kappa shape index (κ3) is 10.00. The summed E-state index contributed by atoms with van der Waals surface area (Å²) < 4.78 is 1.11. The number of unbranched alkanes of at least 4 members (excludes halogenated alkanes) is 9. The Morgan fingerprint density at radius 3 is 1.77 bits per heavy atom. The Morgan fingerprint density at radius 1 is 0.727 bits per heavy atom. The van der Waals surface area contributed by atoms with E-state index >= 15 is 0 Å². The number of nitrogens with zero attached hydrogens (tertiary/aromatic N) is 1. The molecule has 0 aromatic heterocycles. The van der Waals surface area contributed by atoms with Crippen molar-refractivity contribution >= 4 is 0 Å². The Labute approximate surface area is 140 Å². The van der Waals surface area contributed by atoms with Crippen LogP contribution in [0.4, 0.5) is 0 Å². The van der Waals surface area contributed by atoms with Crippen molar-refractivity contribution in [1.82, 2.24) is 0 Å². The van der Waals surface area contributed by atoms with Gasteiger partial charge in [-0.1, -0.05) is 88.6 Å². The monoisotopic (exact) mass is 305 g/mol. The summed E-state index contributed by atoms with van der Waals surface area (Å²) in [6, 6.07) is 10.9. The van der Waals surface area contributed by atoms with Crippen LogP contribution in [0.15, 0.2) is 30.3 Å². The summed E-state index contributed by atoms with van der Waals surface area (Å²) >= 11 is 0. The predicted octanol–water partition coefficient (Wildman–Crippen LogP) is 6.30. The minimum absolute atomic E-state index is 0. The zero-order chi connectivity index (χ0) is 16.1. The molecule has 0 fully saturated rings. The predicted molar refractivity (Wildman–Crippen MR) is 100 cm³/mol. The van der Waals surface area contributed by atoms with Crippen LogP contribution in [0.2, 0.25) is 0 Å². The molecule has 1 heteroatoms. The van der Waals surface area contributed by atoms with Gasteiger partial charge in [0, 0.05) is 5.56 Å². The third-order valence-electron chi connectivity index (χ3n) is 4.57. The van der Waals surface area contributed by atoms with E-state index in [1.165, 1.54) is 76.3 Å². The molecule has 0 saturated heterocycles. The van der Waals surface area contributed by atoms with Gasteiger partial charge in [0.25, 0.3) is 0 Å². The Bertz CT molecular complexity index is 361. The van der Waals surface area contributed by atoms with Crippen LogP contribution in [0.5, 0.6) is 0 Å². The molecule has 0 N–H and O–H groups in total. The summed E-state index contributed by atoms with van der Waals surface area (Å²) in [6.45, 7) is 4.74. The fourth-order valence-corrected chi connectivity index (χ4v) is 3.18. The molecular weight excluding hydrogens is 266 g/mol. The molecule has 1 rings (SSSR count). The largest absolute Gasteiger partial charge is 1.00 e. The van der Waals surface area contributed by atoms with Crippen LogP contribution in [0.25, 0.3) is 0 Å². The minimum Gasteiger partial charge on any atom is -1.00 e. The van der Waals surface area contributed by atoms with E-state index in [2.05, 4.69) is 51.4 Å². The maximum Gasteiger partial charge on any atom is 0.104 e. The smallest absolute Gasteiger partial charge is 0.104 e. The van der Waals surface area contributed by atoms with Gasteiger partial charge in [-0.25, -0.2) is 0 Å². The van der Waals surface area contributed by atoms with Crippen molar-refractivity contribution in [1.29, 1.82) is 0 Å². The van der Waals surface area contributed by atoms with Gasteiger partial charge in [-0.05, 0) is 12.8 Å². The molecule has 0 atom stereocenters. The van der Waals surface area contributed by atoms with Gasteiger partial charge >= 0.3 is 0 Å². The number of benzene rings is 1. The van der Waals surface area contributed by atoms with E-state index in [0.717, 1.165) is 11.0 Å². The number of hydrogen-bond donors (Lipinski definition) is 0. The topological polar surface area (TPSA) is 0 Å². The summed E-state index contributed by atoms with van der Waals surface area (Å²) in [6.07, 6.45) is 14.2. The van der Waals surface area contributed by atoms with Crippen molar-refractivity contribution in [2.75, 3.05) is 20.6 Å². The van der Waals surface area contributed by atoms with E-state index in [4.69, 9.17) is 0 Å². The van der Waals surface area contributed by atoms with Crippen molar-refractivity contribution in [3.05, 3.63) is 35.9 Å². The standard InChI is InChI=1S/C21H38N.H/c1-4-5-6-7-8-9-10-11-12-16-19-22(2,3)20-21-17-14-13-15-18-21;/h13-15,17-18H,4-12,16,19-20H2,1-3H3;/q+1;-1. The first kappa shape index (κ1) is 19.2. The zero-order valence-electron chi connectivity index (χ0n) is 16.3. The SMILES string of the molecule is CCCCCCCCCCCC[N+](C)(C)Cc1ccccc1.[H-]. The van der Waals surface area contributed by atoms with Gasteiger partial charge in [-0.2, -0.15) is 0 Å². The van der Waals surface area contributed by atoms with Crippen LogP contribution < -0.4 is 0 Å². The lowest BCUT2D eigenvalue weighted by Crippen LogP contribution is -2.39. The molecule has 0 unspecified atom stereocenters. The van der Waals surface area contributed by atoms with Crippen LogP contribution in [0.1, 0.15) is 78.1 Å². The molecule has 128 valence electrons. The van der Waals surface area contributed by atoms with Crippen molar-refractivity contribution < 1.29 is 5.91 Å². The van der Waals surface area contributed by atoms with E-state index < -0.39 is 0 Å². The summed E-state index contributed by atoms with van der Waals surface area (Å²) in [5, 5.41) is 0. The van der Waals surface area contributed by atoms with Gasteiger partial charge in [0.2, 0.25) is 0 Å². The van der Waals surface area contributed by atoms with Gasteiger partial charge in [-0.3, -0.25) is 0 Å². The summed E-state index contributed by atoms with van der Waals surface area (Å²) in [4.78, 5) is 0. The second-order valence-corrected chi connectivity index (χ2v) is 7.49. The van der Waals surface area contributed by atoms with Crippen LogP contribution in [-0.2, 0) is 6.54 Å². The summed E-state index contributed by atoms with van der Waals surface area (Å²) in [5.74, 6) is 0. The zero-order valence-corrected chi connectivity index (χ0v) is 15.3. The molecule has 22 heavy (non-hydrogen) atoms. The van der Waals surface area contributed by atoms with Gasteiger partial charge in [0.05, 0.1) is 20.6 Å². The highest BCUT2D eigenvalue weighted by molar-refractivity contribution is 5.13. The Kier molecular flexibility index (Phi) is 10.2. The summed E-state index contributed by atoms with van der Waals surface area (Å²) in [7, 11) is 4.72. The molecule has 0 heterocycles. The maximum atomic E-state index is 2.36. The molecule has 0 saturated carbocycles. The summed E-state index contributed by atoms with van der Waals surface area (Å²) in [5.41, 5.74) is 1.46. The van der Waals surface area contributed by atoms with Crippen molar-refractivity contribution in [3.63, 3.8) is 0 Å². The molecule has 0 amide bonds. The molecule has 0 aliphatic rings. The van der Waals surface area contributed by atoms with Crippen molar-refractivity contribution in [3.8, 4) is 0 Å². The molecule has 1 aromatic rings. The van der Waals surface area contributed by atoms with Gasteiger partial charge in [-0.15, -0.1) is 0 Å². The number of rotatable bonds is 13. The molecule has 1 aromatic carbocycles. The molecule has 1 nitrogen and oxygen atoms in total. The normalized spacial score (nSPS) is 11.8. The average Bonchev–Trinajstić information content (AvgIpc) is 2.49. The average molecular weight is 306 g/mol. The second kappa shape index (κ2) is 11.7. The first-order chi connectivity index (χ1) is 10.6. The molecular formula is C21H39N. The lowest BCUT2D eigenvalue weighted by Gasteiger charge is -2.30. The van der Waals surface area contributed by atoms with E-state index in [0.29, 0.717) is 0 Å². The highest BCUT2D eigenvalue weighted by atomic mass is 15.3. The molecule has 0 aliphatic carbocycles. The molecule has 0 aliphatic heterocycles. The lowest BCUT2D eigenvalue weighted by atomic mass is 10.1. The highest BCUT2D eigenvalue weighted by Gasteiger charge is 2.14. The fraction of sp³-hybridized carbons (Fsp3) is 0.714. The minimum atomic E-state index is 0. The quantitative estimate of drug-likeness (QED) is 0.296. The highest BCUT2D eigenvalue weighted by Crippen LogP contribution is 2.13. The molecule has 0 spiro atoms. The van der Waals surface area contributed by atoms with E-state index in [9.17, 15) is 0 Å². The van der Waals surface area contributed by atoms with E-state index in [1.807, 2.05) is 0 Å². The van der Waals surface area contributed by atoms with Gasteiger partial charge in [0.15, 0.2) is 0 Å². The van der Waals surface area contributed by atoms with E-state index in [1.54, 1.807) is 0 Å². The number of hydrogen-bond acceptors (Lipinski definition) is 0. The van der Waals surface area contributed by atoms with Crippen LogP contribution >= 0.6 is 0 Å². The van der Waals surface area contributed by atoms with Crippen molar-refractivity contribution in [2.45, 2.75) is 77.7 Å². The van der Waals surface area contributed by atoms with Gasteiger partial charge in [0.1, 0.15) is 6.54 Å². The second-order valence-electron chi connectivity index (χ2n) is 7.49. The Morgan fingerprint density at radius 2 is 1.23 bits per heavy atom. The van der Waals surface area contributed by atoms with E-state index in [-0.39, 0.29) is 1.43 Å². The van der Waals surface area contributed by atoms with Gasteiger partial charge < -0.3 is 5.91 Å². The lowest BCUT2D eigenvalue weighted by molar-refractivity contribution is -0.903. The van der Waals surface area contributed by atoms with Crippen LogP contribution in [-0.4, -0.2) is 25.1 Å².